The van der Waals surface area contributed by atoms with Gasteiger partial charge < -0.3 is 14.6 Å². The van der Waals surface area contributed by atoms with Crippen molar-refractivity contribution in [3.05, 3.63) is 47.5 Å². The number of benzene rings is 2. The Hall–Kier alpha value is -3.00. The summed E-state index contributed by atoms with van der Waals surface area (Å²) >= 11 is 1.49. The number of carbonyl (C=O) groups is 1. The molecule has 1 heterocycles. The number of hydrogen-bond donors (Lipinski definition) is 1. The van der Waals surface area contributed by atoms with Gasteiger partial charge in [-0.15, -0.1) is 10.2 Å². The van der Waals surface area contributed by atoms with Crippen LogP contribution in [-0.2, 0) is 6.42 Å². The molecule has 2 aromatic carbocycles. The molecule has 172 valence electrons. The Labute approximate surface area is 197 Å². The van der Waals surface area contributed by atoms with Crippen LogP contribution in [0.2, 0.25) is 0 Å². The standard InChI is InChI=1S/C25H27N3O4S/c1-31-20-12-16-13-22(23(30)19(16)14-21(20)32-2)33-25-27-26-24(15-8-10-18(29)11-9-15)28(25)17-6-4-3-5-7-17/h8-12,14,17,22,29H,3-7,13H2,1-2H3/t22-/m1/s1. The number of hydrogen-bond acceptors (Lipinski definition) is 7. The predicted molar refractivity (Wildman–Crippen MR) is 126 cm³/mol. The summed E-state index contributed by atoms with van der Waals surface area (Å²) in [5, 5.41) is 19.3. The molecule has 1 aromatic heterocycles. The molecule has 7 nitrogen and oxygen atoms in total. The van der Waals surface area contributed by atoms with E-state index in [4.69, 9.17) is 9.47 Å². The number of carbonyl (C=O) groups excluding carboxylic acids is 1. The van der Waals surface area contributed by atoms with Gasteiger partial charge in [-0.1, -0.05) is 31.0 Å². The zero-order valence-corrected chi connectivity index (χ0v) is 19.6. The zero-order chi connectivity index (χ0) is 22.9. The number of ether oxygens (including phenoxy) is 2. The number of nitrogens with zero attached hydrogens (tertiary/aromatic N) is 3. The predicted octanol–water partition coefficient (Wildman–Crippen LogP) is 5.07. The Morgan fingerprint density at radius 2 is 1.70 bits per heavy atom. The lowest BCUT2D eigenvalue weighted by atomic mass is 9.95. The molecule has 2 aliphatic carbocycles. The van der Waals surface area contributed by atoms with E-state index in [0.29, 0.717) is 29.5 Å². The molecule has 0 unspecified atom stereocenters. The summed E-state index contributed by atoms with van der Waals surface area (Å²) < 4.78 is 13.0. The molecule has 1 atom stereocenters. The van der Waals surface area contributed by atoms with Gasteiger partial charge in [0.05, 0.1) is 19.5 Å². The molecule has 1 fully saturated rings. The molecular formula is C25H27N3O4S. The van der Waals surface area contributed by atoms with Crippen LogP contribution in [0.15, 0.2) is 41.6 Å². The fraction of sp³-hybridized carbons (Fsp3) is 0.400. The topological polar surface area (TPSA) is 86.5 Å². The molecule has 0 radical (unpaired) electrons. The summed E-state index contributed by atoms with van der Waals surface area (Å²) in [7, 11) is 3.18. The Balaban J connectivity index is 1.48. The maximum atomic E-state index is 13.3. The second-order valence-corrected chi connectivity index (χ2v) is 9.72. The van der Waals surface area contributed by atoms with Gasteiger partial charge in [0.15, 0.2) is 28.3 Å². The van der Waals surface area contributed by atoms with Crippen molar-refractivity contribution in [2.75, 3.05) is 14.2 Å². The van der Waals surface area contributed by atoms with Crippen LogP contribution in [0.3, 0.4) is 0 Å². The van der Waals surface area contributed by atoms with Gasteiger partial charge in [-0.3, -0.25) is 9.36 Å². The quantitative estimate of drug-likeness (QED) is 0.544. The summed E-state index contributed by atoms with van der Waals surface area (Å²) in [5.74, 6) is 2.29. The molecule has 2 aliphatic rings. The Morgan fingerprint density at radius 3 is 2.39 bits per heavy atom. The van der Waals surface area contributed by atoms with Crippen molar-refractivity contribution in [3.63, 3.8) is 0 Å². The fourth-order valence-corrected chi connectivity index (χ4v) is 6.03. The van der Waals surface area contributed by atoms with E-state index < -0.39 is 0 Å². The Kier molecular flexibility index (Phi) is 6.01. The van der Waals surface area contributed by atoms with E-state index >= 15 is 0 Å². The molecule has 0 aliphatic heterocycles. The van der Waals surface area contributed by atoms with Crippen LogP contribution in [0.25, 0.3) is 11.4 Å². The number of fused-ring (bicyclic) bond motifs is 1. The number of thioether (sulfide) groups is 1. The minimum atomic E-state index is -0.268. The molecule has 8 heteroatoms. The first-order chi connectivity index (χ1) is 16.1. The van der Waals surface area contributed by atoms with E-state index in [2.05, 4.69) is 14.8 Å². The highest BCUT2D eigenvalue weighted by atomic mass is 32.2. The number of phenolic OH excluding ortho intramolecular Hbond substituents is 1. The van der Waals surface area contributed by atoms with E-state index in [1.807, 2.05) is 18.2 Å². The number of Topliss-reactive ketones (excluding diaryl/α,β-unsaturated/α-hetero) is 1. The van der Waals surface area contributed by atoms with Crippen molar-refractivity contribution in [1.82, 2.24) is 14.8 Å². The van der Waals surface area contributed by atoms with Crippen molar-refractivity contribution >= 4 is 17.5 Å². The first kappa shape index (κ1) is 21.8. The number of aromatic nitrogens is 3. The van der Waals surface area contributed by atoms with Crippen LogP contribution in [0.1, 0.15) is 54.1 Å². The van der Waals surface area contributed by atoms with Gasteiger partial charge in [0, 0.05) is 17.2 Å². The third-order valence-electron chi connectivity index (χ3n) is 6.55. The maximum Gasteiger partial charge on any atom is 0.192 e. The van der Waals surface area contributed by atoms with Gasteiger partial charge in [-0.2, -0.15) is 0 Å². The van der Waals surface area contributed by atoms with Crippen molar-refractivity contribution in [2.24, 2.45) is 0 Å². The SMILES string of the molecule is COc1cc2c(cc1OC)C(=O)[C@H](Sc1nnc(-c3ccc(O)cc3)n1C1CCCCC1)C2. The van der Waals surface area contributed by atoms with E-state index in [9.17, 15) is 9.90 Å². The van der Waals surface area contributed by atoms with Crippen LogP contribution >= 0.6 is 11.8 Å². The van der Waals surface area contributed by atoms with Crippen molar-refractivity contribution < 1.29 is 19.4 Å². The summed E-state index contributed by atoms with van der Waals surface area (Å²) in [6, 6.07) is 11.1. The second-order valence-electron chi connectivity index (χ2n) is 8.55. The lowest BCUT2D eigenvalue weighted by Crippen LogP contribution is -2.17. The first-order valence-electron chi connectivity index (χ1n) is 11.3. The molecule has 1 saturated carbocycles. The summed E-state index contributed by atoms with van der Waals surface area (Å²) in [5.41, 5.74) is 2.57. The smallest absolute Gasteiger partial charge is 0.192 e. The first-order valence-corrected chi connectivity index (χ1v) is 12.2. The van der Waals surface area contributed by atoms with E-state index in [-0.39, 0.29) is 16.8 Å². The summed E-state index contributed by atoms with van der Waals surface area (Å²) in [4.78, 5) is 13.3. The van der Waals surface area contributed by atoms with Gasteiger partial charge in [-0.05, 0) is 61.2 Å². The van der Waals surface area contributed by atoms with Crippen molar-refractivity contribution in [3.8, 4) is 28.6 Å². The van der Waals surface area contributed by atoms with Gasteiger partial charge >= 0.3 is 0 Å². The fourth-order valence-electron chi connectivity index (χ4n) is 4.84. The van der Waals surface area contributed by atoms with Crippen molar-refractivity contribution in [1.29, 1.82) is 0 Å². The highest BCUT2D eigenvalue weighted by Gasteiger charge is 2.35. The molecular weight excluding hydrogens is 438 g/mol. The summed E-state index contributed by atoms with van der Waals surface area (Å²) in [6.07, 6.45) is 6.36. The molecule has 1 N–H and O–H groups in total. The van der Waals surface area contributed by atoms with Crippen LogP contribution in [0.5, 0.6) is 17.2 Å². The van der Waals surface area contributed by atoms with Gasteiger partial charge in [0.25, 0.3) is 0 Å². The Bertz CT molecular complexity index is 1170. The maximum absolute atomic E-state index is 13.3. The lowest BCUT2D eigenvalue weighted by molar-refractivity contribution is 0.0999. The Morgan fingerprint density at radius 1 is 1.00 bits per heavy atom. The number of aromatic hydroxyl groups is 1. The van der Waals surface area contributed by atoms with Crippen LogP contribution in [0.4, 0.5) is 0 Å². The average Bonchev–Trinajstić information content (AvgIpc) is 3.40. The molecule has 0 bridgehead atoms. The number of ketones is 1. The molecule has 0 saturated heterocycles. The van der Waals surface area contributed by atoms with Gasteiger partial charge in [0.1, 0.15) is 5.75 Å². The molecule has 3 aromatic rings. The van der Waals surface area contributed by atoms with Gasteiger partial charge in [0.2, 0.25) is 0 Å². The molecule has 0 spiro atoms. The summed E-state index contributed by atoms with van der Waals surface area (Å²) in [6.45, 7) is 0. The highest BCUT2D eigenvalue weighted by molar-refractivity contribution is 8.00. The third-order valence-corrected chi connectivity index (χ3v) is 7.70. The number of methoxy groups -OCH3 is 2. The van der Waals surface area contributed by atoms with E-state index in [0.717, 1.165) is 34.9 Å². The second kappa shape index (κ2) is 9.09. The highest BCUT2D eigenvalue weighted by Crippen LogP contribution is 2.42. The monoisotopic (exact) mass is 465 g/mol. The van der Waals surface area contributed by atoms with E-state index in [1.54, 1.807) is 32.4 Å². The average molecular weight is 466 g/mol. The minimum absolute atomic E-state index is 0.0836. The molecule has 5 rings (SSSR count). The van der Waals surface area contributed by atoms with Crippen LogP contribution in [-0.4, -0.2) is 45.1 Å². The zero-order valence-electron chi connectivity index (χ0n) is 18.8. The number of phenols is 1. The molecule has 33 heavy (non-hydrogen) atoms. The van der Waals surface area contributed by atoms with Crippen LogP contribution in [0, 0.1) is 0 Å². The lowest BCUT2D eigenvalue weighted by Gasteiger charge is -2.26. The van der Waals surface area contributed by atoms with Crippen LogP contribution < -0.4 is 9.47 Å². The molecule has 0 amide bonds. The van der Waals surface area contributed by atoms with Gasteiger partial charge in [-0.25, -0.2) is 0 Å². The van der Waals surface area contributed by atoms with Crippen molar-refractivity contribution in [2.45, 2.75) is 55.0 Å². The largest absolute Gasteiger partial charge is 0.508 e. The number of rotatable bonds is 6. The normalized spacial score (nSPS) is 18.4. The third kappa shape index (κ3) is 4.08. The minimum Gasteiger partial charge on any atom is -0.508 e. The van der Waals surface area contributed by atoms with E-state index in [1.165, 1.54) is 31.0 Å².